The summed E-state index contributed by atoms with van der Waals surface area (Å²) in [6, 6.07) is 2.91. The number of nitrogens with one attached hydrogen (secondary N) is 1. The Morgan fingerprint density at radius 2 is 1.95 bits per heavy atom. The van der Waals surface area contributed by atoms with E-state index in [2.05, 4.69) is 10.3 Å². The van der Waals surface area contributed by atoms with Gasteiger partial charge in [-0.1, -0.05) is 6.07 Å². The van der Waals surface area contributed by atoms with E-state index < -0.39 is 5.75 Å². The van der Waals surface area contributed by atoms with Gasteiger partial charge in [0.15, 0.2) is 11.5 Å². The molecule has 6 heteroatoms. The van der Waals surface area contributed by atoms with Gasteiger partial charge >= 0.3 is 0 Å². The van der Waals surface area contributed by atoms with Crippen molar-refractivity contribution in [2.24, 2.45) is 0 Å². The maximum Gasteiger partial charge on any atom is 0.200 e. The molecule has 19 heavy (non-hydrogen) atoms. The van der Waals surface area contributed by atoms with Gasteiger partial charge < -0.3 is 20.6 Å². The topological polar surface area (TPSA) is 85.6 Å². The fraction of sp³-hybridized carbons (Fsp3) is 0.308. The van der Waals surface area contributed by atoms with Gasteiger partial charge in [0.2, 0.25) is 5.75 Å². The Morgan fingerprint density at radius 1 is 1.21 bits per heavy atom. The third kappa shape index (κ3) is 2.80. The van der Waals surface area contributed by atoms with E-state index >= 15 is 0 Å². The average Bonchev–Trinajstić information content (AvgIpc) is 2.90. The molecule has 2 rings (SSSR count). The number of thiazole rings is 1. The first kappa shape index (κ1) is 13.6. The zero-order valence-corrected chi connectivity index (χ0v) is 11.5. The summed E-state index contributed by atoms with van der Waals surface area (Å²) < 4.78 is 0. The van der Waals surface area contributed by atoms with Crippen LogP contribution in [0.3, 0.4) is 0 Å². The summed E-state index contributed by atoms with van der Waals surface area (Å²) in [5.74, 6) is -1.13. The van der Waals surface area contributed by atoms with Crippen molar-refractivity contribution >= 4 is 11.3 Å². The van der Waals surface area contributed by atoms with Crippen molar-refractivity contribution in [2.75, 3.05) is 0 Å². The van der Waals surface area contributed by atoms with Crippen molar-refractivity contribution in [3.05, 3.63) is 34.3 Å². The lowest BCUT2D eigenvalue weighted by atomic mass is 10.1. The summed E-state index contributed by atoms with van der Waals surface area (Å²) in [6.07, 6.45) is 1.74. The molecule has 0 saturated heterocycles. The first-order valence-electron chi connectivity index (χ1n) is 5.79. The van der Waals surface area contributed by atoms with Crippen LogP contribution in [-0.2, 0) is 12.1 Å². The van der Waals surface area contributed by atoms with Gasteiger partial charge in [-0.2, -0.15) is 0 Å². The second-order valence-corrected chi connectivity index (χ2v) is 5.65. The summed E-state index contributed by atoms with van der Waals surface area (Å²) in [4.78, 5) is 4.26. The molecule has 1 aromatic carbocycles. The molecule has 0 spiro atoms. The standard InChI is InChI=1S/C13H16N2O3S/c1-13(2,12-14-5-6-19-12)15-7-8-3-4-9(16)11(18)10(8)17/h3-6,15-18H,7H2,1-2H3. The summed E-state index contributed by atoms with van der Waals surface area (Å²) in [5, 5.41) is 34.6. The van der Waals surface area contributed by atoms with E-state index in [1.165, 1.54) is 6.07 Å². The van der Waals surface area contributed by atoms with Crippen LogP contribution in [0.15, 0.2) is 23.7 Å². The molecule has 0 unspecified atom stereocenters. The predicted octanol–water partition coefficient (Wildman–Crippen LogP) is 2.28. The molecule has 0 bridgehead atoms. The second-order valence-electron chi connectivity index (χ2n) is 4.76. The molecule has 1 aromatic heterocycles. The van der Waals surface area contributed by atoms with Gasteiger partial charge in [-0.15, -0.1) is 11.3 Å². The van der Waals surface area contributed by atoms with Crippen molar-refractivity contribution in [1.29, 1.82) is 0 Å². The minimum absolute atomic E-state index is 0.303. The van der Waals surface area contributed by atoms with E-state index in [4.69, 9.17) is 0 Å². The quantitative estimate of drug-likeness (QED) is 0.646. The van der Waals surface area contributed by atoms with Crippen molar-refractivity contribution in [1.82, 2.24) is 10.3 Å². The molecule has 102 valence electrons. The summed E-state index contributed by atoms with van der Waals surface area (Å²) >= 11 is 1.55. The Bertz CT molecular complexity index is 568. The number of phenolic OH excluding ortho intramolecular Hbond substituents is 3. The number of hydrogen-bond donors (Lipinski definition) is 4. The number of aromatic nitrogens is 1. The third-order valence-electron chi connectivity index (χ3n) is 2.90. The Labute approximate surface area is 115 Å². The highest BCUT2D eigenvalue weighted by molar-refractivity contribution is 7.09. The van der Waals surface area contributed by atoms with Crippen LogP contribution in [0.25, 0.3) is 0 Å². The number of rotatable bonds is 4. The summed E-state index contributed by atoms with van der Waals surface area (Å²) in [6.45, 7) is 4.33. The molecule has 2 aromatic rings. The van der Waals surface area contributed by atoms with Crippen molar-refractivity contribution in [2.45, 2.75) is 25.9 Å². The smallest absolute Gasteiger partial charge is 0.200 e. The molecule has 0 aliphatic carbocycles. The maximum absolute atomic E-state index is 9.74. The zero-order valence-electron chi connectivity index (χ0n) is 10.7. The van der Waals surface area contributed by atoms with Gasteiger partial charge in [0.25, 0.3) is 0 Å². The minimum atomic E-state index is -0.494. The van der Waals surface area contributed by atoms with Crippen LogP contribution in [0, 0.1) is 0 Å². The van der Waals surface area contributed by atoms with Gasteiger partial charge in [-0.3, -0.25) is 0 Å². The molecular formula is C13H16N2O3S. The highest BCUT2D eigenvalue weighted by Gasteiger charge is 2.23. The van der Waals surface area contributed by atoms with E-state index in [1.54, 1.807) is 23.6 Å². The van der Waals surface area contributed by atoms with Crippen molar-refractivity contribution < 1.29 is 15.3 Å². The molecular weight excluding hydrogens is 264 g/mol. The van der Waals surface area contributed by atoms with Crippen LogP contribution in [0.4, 0.5) is 0 Å². The largest absolute Gasteiger partial charge is 0.504 e. The highest BCUT2D eigenvalue weighted by Crippen LogP contribution is 2.37. The fourth-order valence-electron chi connectivity index (χ4n) is 1.68. The highest BCUT2D eigenvalue weighted by atomic mass is 32.1. The molecule has 0 atom stereocenters. The van der Waals surface area contributed by atoms with Gasteiger partial charge in [-0.05, 0) is 19.9 Å². The number of aromatic hydroxyl groups is 3. The molecule has 0 radical (unpaired) electrons. The van der Waals surface area contributed by atoms with Crippen LogP contribution >= 0.6 is 11.3 Å². The first-order chi connectivity index (χ1) is 8.92. The Balaban J connectivity index is 2.13. The molecule has 4 N–H and O–H groups in total. The second kappa shape index (κ2) is 5.07. The van der Waals surface area contributed by atoms with Crippen molar-refractivity contribution in [3.63, 3.8) is 0 Å². The van der Waals surface area contributed by atoms with E-state index in [-0.39, 0.29) is 17.0 Å². The summed E-state index contributed by atoms with van der Waals surface area (Å²) in [5.41, 5.74) is 0.175. The Hall–Kier alpha value is -1.79. The van der Waals surface area contributed by atoms with Gasteiger partial charge in [-0.25, -0.2) is 4.98 Å². The molecule has 0 amide bonds. The molecule has 0 aliphatic heterocycles. The summed E-state index contributed by atoms with van der Waals surface area (Å²) in [7, 11) is 0. The van der Waals surface area contributed by atoms with Crippen molar-refractivity contribution in [3.8, 4) is 17.2 Å². The van der Waals surface area contributed by atoms with E-state index in [0.29, 0.717) is 12.1 Å². The molecule has 1 heterocycles. The van der Waals surface area contributed by atoms with Crippen LogP contribution in [0.2, 0.25) is 0 Å². The lowest BCUT2D eigenvalue weighted by Gasteiger charge is -2.24. The van der Waals surface area contributed by atoms with Crippen LogP contribution in [0.1, 0.15) is 24.4 Å². The SMILES string of the molecule is CC(C)(NCc1ccc(O)c(O)c1O)c1nccs1. The Kier molecular flexibility index (Phi) is 3.64. The van der Waals surface area contributed by atoms with Gasteiger partial charge in [0.1, 0.15) is 5.01 Å². The number of nitrogens with zero attached hydrogens (tertiary/aromatic N) is 1. The molecule has 0 fully saturated rings. The normalized spacial score (nSPS) is 11.7. The first-order valence-corrected chi connectivity index (χ1v) is 6.67. The van der Waals surface area contributed by atoms with Gasteiger partial charge in [0.05, 0.1) is 5.54 Å². The third-order valence-corrected chi connectivity index (χ3v) is 4.00. The zero-order chi connectivity index (χ0) is 14.0. The van der Waals surface area contributed by atoms with E-state index in [0.717, 1.165) is 5.01 Å². The average molecular weight is 280 g/mol. The molecule has 0 saturated carbocycles. The van der Waals surface area contributed by atoms with E-state index in [9.17, 15) is 15.3 Å². The minimum Gasteiger partial charge on any atom is -0.504 e. The monoisotopic (exact) mass is 280 g/mol. The number of benzene rings is 1. The molecule has 5 nitrogen and oxygen atoms in total. The lowest BCUT2D eigenvalue weighted by Crippen LogP contribution is -2.35. The lowest BCUT2D eigenvalue weighted by molar-refractivity contribution is 0.357. The van der Waals surface area contributed by atoms with Crippen LogP contribution in [0.5, 0.6) is 17.2 Å². The number of hydrogen-bond acceptors (Lipinski definition) is 6. The predicted molar refractivity (Wildman–Crippen MR) is 73.4 cm³/mol. The van der Waals surface area contributed by atoms with E-state index in [1.807, 2.05) is 19.2 Å². The van der Waals surface area contributed by atoms with Crippen LogP contribution in [-0.4, -0.2) is 20.3 Å². The van der Waals surface area contributed by atoms with Crippen LogP contribution < -0.4 is 5.32 Å². The number of phenols is 3. The Morgan fingerprint density at radius 3 is 2.58 bits per heavy atom. The fourth-order valence-corrected chi connectivity index (χ4v) is 2.42. The maximum atomic E-state index is 9.74. The van der Waals surface area contributed by atoms with Gasteiger partial charge in [0, 0.05) is 23.7 Å². The molecule has 0 aliphatic rings.